The van der Waals surface area contributed by atoms with Crippen LogP contribution in [0.15, 0.2) is 59.1 Å². The number of nitrogens with zero attached hydrogens (tertiary/aromatic N) is 2. The number of hydrogen-bond acceptors (Lipinski definition) is 4. The van der Waals surface area contributed by atoms with Crippen molar-refractivity contribution in [2.75, 3.05) is 18.4 Å². The molecule has 0 aliphatic carbocycles. The highest BCUT2D eigenvalue weighted by molar-refractivity contribution is 7.89. The largest absolute Gasteiger partial charge is 0.322 e. The lowest BCUT2D eigenvalue weighted by atomic mass is 10.2. The number of carbonyl (C=O) groups is 1. The van der Waals surface area contributed by atoms with E-state index >= 15 is 0 Å². The summed E-state index contributed by atoms with van der Waals surface area (Å²) in [5.41, 5.74) is 2.13. The van der Waals surface area contributed by atoms with E-state index in [0.717, 1.165) is 30.5 Å². The van der Waals surface area contributed by atoms with Gasteiger partial charge >= 0.3 is 0 Å². The Labute approximate surface area is 174 Å². The quantitative estimate of drug-likeness (QED) is 0.658. The molecule has 6 nitrogen and oxygen atoms in total. The van der Waals surface area contributed by atoms with Gasteiger partial charge in [0.15, 0.2) is 0 Å². The number of thiophene rings is 1. The van der Waals surface area contributed by atoms with Gasteiger partial charge in [0.05, 0.1) is 10.6 Å². The molecular formula is C21H23N3O3S2. The van der Waals surface area contributed by atoms with Crippen molar-refractivity contribution >= 4 is 33.0 Å². The fraction of sp³-hybridized carbons (Fsp3) is 0.286. The monoisotopic (exact) mass is 429 g/mol. The van der Waals surface area contributed by atoms with Gasteiger partial charge in [-0.2, -0.15) is 4.31 Å². The summed E-state index contributed by atoms with van der Waals surface area (Å²) in [6.07, 6.45) is 6.60. The lowest BCUT2D eigenvalue weighted by Gasteiger charge is -2.26. The molecule has 1 aliphatic rings. The molecule has 1 aromatic carbocycles. The number of piperidine rings is 1. The predicted molar refractivity (Wildman–Crippen MR) is 115 cm³/mol. The van der Waals surface area contributed by atoms with Gasteiger partial charge in [0.25, 0.3) is 5.91 Å². The topological polar surface area (TPSA) is 71.4 Å². The van der Waals surface area contributed by atoms with Gasteiger partial charge in [-0.3, -0.25) is 4.79 Å². The van der Waals surface area contributed by atoms with Crippen LogP contribution in [0, 0.1) is 6.92 Å². The average Bonchev–Trinajstić information content (AvgIpc) is 3.41. The highest BCUT2D eigenvalue weighted by Gasteiger charge is 2.26. The molecule has 1 amide bonds. The van der Waals surface area contributed by atoms with E-state index in [1.165, 1.54) is 15.6 Å². The van der Waals surface area contributed by atoms with Crippen molar-refractivity contribution in [1.82, 2.24) is 8.87 Å². The van der Waals surface area contributed by atoms with Gasteiger partial charge in [-0.1, -0.05) is 12.5 Å². The molecule has 8 heteroatoms. The summed E-state index contributed by atoms with van der Waals surface area (Å²) in [4.78, 5) is 13.7. The van der Waals surface area contributed by atoms with Crippen LogP contribution in [0.25, 0.3) is 5.69 Å². The molecule has 4 rings (SSSR count). The number of aryl methyl sites for hydroxylation is 1. The highest BCUT2D eigenvalue weighted by atomic mass is 32.2. The van der Waals surface area contributed by atoms with Gasteiger partial charge in [0.1, 0.15) is 4.88 Å². The third-order valence-electron chi connectivity index (χ3n) is 5.14. The summed E-state index contributed by atoms with van der Waals surface area (Å²) in [5, 5.41) is 4.77. The van der Waals surface area contributed by atoms with Gasteiger partial charge in [-0.25, -0.2) is 8.42 Å². The normalized spacial score (nSPS) is 15.3. The van der Waals surface area contributed by atoms with E-state index in [1.807, 2.05) is 47.5 Å². The van der Waals surface area contributed by atoms with Crippen LogP contribution < -0.4 is 5.32 Å². The molecule has 1 N–H and O–H groups in total. The second-order valence-corrected chi connectivity index (χ2v) is 9.97. The Hall–Kier alpha value is -2.42. The van der Waals surface area contributed by atoms with E-state index in [4.69, 9.17) is 0 Å². The molecular weight excluding hydrogens is 406 g/mol. The fourth-order valence-electron chi connectivity index (χ4n) is 3.50. The van der Waals surface area contributed by atoms with Crippen LogP contribution in [0.1, 0.15) is 34.5 Å². The molecule has 2 aromatic heterocycles. The standard InChI is InChI=1S/C21H23N3O3S2/c1-16-7-8-17(29(26,27)24-12-3-2-4-13-24)15-18(16)22-21(25)20-19(9-14-28-20)23-10-5-6-11-23/h5-11,14-15H,2-4,12-13H2,1H3,(H,22,25). The van der Waals surface area contributed by atoms with Crippen molar-refractivity contribution in [3.63, 3.8) is 0 Å². The van der Waals surface area contributed by atoms with Gasteiger partial charge in [0.2, 0.25) is 10.0 Å². The van der Waals surface area contributed by atoms with Gasteiger partial charge in [-0.15, -0.1) is 11.3 Å². The van der Waals surface area contributed by atoms with Crippen LogP contribution in [-0.2, 0) is 10.0 Å². The first-order valence-corrected chi connectivity index (χ1v) is 11.9. The molecule has 0 atom stereocenters. The van der Waals surface area contributed by atoms with Gasteiger partial charge in [-0.05, 0) is 61.0 Å². The third-order valence-corrected chi connectivity index (χ3v) is 7.94. The van der Waals surface area contributed by atoms with Crippen LogP contribution >= 0.6 is 11.3 Å². The third kappa shape index (κ3) is 4.01. The molecule has 29 heavy (non-hydrogen) atoms. The number of nitrogens with one attached hydrogen (secondary N) is 1. The molecule has 0 radical (unpaired) electrons. The Bertz CT molecular complexity index is 1110. The summed E-state index contributed by atoms with van der Waals surface area (Å²) >= 11 is 1.35. The lowest BCUT2D eigenvalue weighted by Crippen LogP contribution is -2.35. The van der Waals surface area contributed by atoms with E-state index in [2.05, 4.69) is 5.32 Å². The Morgan fingerprint density at radius 1 is 1.07 bits per heavy atom. The first kappa shape index (κ1) is 19.9. The molecule has 1 aliphatic heterocycles. The average molecular weight is 430 g/mol. The molecule has 152 valence electrons. The zero-order chi connectivity index (χ0) is 20.4. The Kier molecular flexibility index (Phi) is 5.58. The number of hydrogen-bond donors (Lipinski definition) is 1. The minimum absolute atomic E-state index is 0.220. The molecule has 1 saturated heterocycles. The minimum atomic E-state index is -3.55. The van der Waals surface area contributed by atoms with E-state index in [1.54, 1.807) is 18.2 Å². The summed E-state index contributed by atoms with van der Waals surface area (Å²) in [6.45, 7) is 2.95. The molecule has 0 bridgehead atoms. The molecule has 0 spiro atoms. The highest BCUT2D eigenvalue weighted by Crippen LogP contribution is 2.27. The zero-order valence-electron chi connectivity index (χ0n) is 16.2. The van der Waals surface area contributed by atoms with Crippen LogP contribution in [0.3, 0.4) is 0 Å². The summed E-state index contributed by atoms with van der Waals surface area (Å²) in [5.74, 6) is -0.251. The number of amides is 1. The van der Waals surface area contributed by atoms with Crippen molar-refractivity contribution < 1.29 is 13.2 Å². The molecule has 3 heterocycles. The van der Waals surface area contributed by atoms with Gasteiger partial charge < -0.3 is 9.88 Å². The van der Waals surface area contributed by atoms with E-state index in [0.29, 0.717) is 23.7 Å². The summed E-state index contributed by atoms with van der Waals surface area (Å²) < 4.78 is 29.4. The number of anilines is 1. The van der Waals surface area contributed by atoms with E-state index < -0.39 is 10.0 Å². The van der Waals surface area contributed by atoms with Crippen LogP contribution in [-0.4, -0.2) is 36.3 Å². The maximum Gasteiger partial charge on any atom is 0.267 e. The van der Waals surface area contributed by atoms with Crippen molar-refractivity contribution in [1.29, 1.82) is 0 Å². The molecule has 1 fully saturated rings. The predicted octanol–water partition coefficient (Wildman–Crippen LogP) is 4.27. The maximum atomic E-state index is 13.0. The number of aromatic nitrogens is 1. The first-order valence-electron chi connectivity index (χ1n) is 9.60. The second-order valence-electron chi connectivity index (χ2n) is 7.12. The van der Waals surface area contributed by atoms with Crippen molar-refractivity contribution in [2.24, 2.45) is 0 Å². The van der Waals surface area contributed by atoms with Crippen molar-refractivity contribution in [2.45, 2.75) is 31.1 Å². The lowest BCUT2D eigenvalue weighted by molar-refractivity contribution is 0.103. The summed E-state index contributed by atoms with van der Waals surface area (Å²) in [6, 6.07) is 10.6. The zero-order valence-corrected chi connectivity index (χ0v) is 17.8. The minimum Gasteiger partial charge on any atom is -0.322 e. The SMILES string of the molecule is Cc1ccc(S(=O)(=O)N2CCCCC2)cc1NC(=O)c1sccc1-n1cccc1. The Morgan fingerprint density at radius 2 is 1.79 bits per heavy atom. The van der Waals surface area contributed by atoms with Crippen molar-refractivity contribution in [3.05, 3.63) is 64.6 Å². The Morgan fingerprint density at radius 3 is 2.52 bits per heavy atom. The Balaban J connectivity index is 1.61. The van der Waals surface area contributed by atoms with Crippen LogP contribution in [0.2, 0.25) is 0 Å². The van der Waals surface area contributed by atoms with E-state index in [-0.39, 0.29) is 10.8 Å². The second kappa shape index (κ2) is 8.14. The molecule has 0 saturated carbocycles. The molecule has 0 unspecified atom stereocenters. The summed E-state index contributed by atoms with van der Waals surface area (Å²) in [7, 11) is -3.55. The number of carbonyl (C=O) groups excluding carboxylic acids is 1. The number of sulfonamides is 1. The number of rotatable bonds is 5. The molecule has 3 aromatic rings. The maximum absolute atomic E-state index is 13.0. The van der Waals surface area contributed by atoms with Crippen molar-refractivity contribution in [3.8, 4) is 5.69 Å². The number of benzene rings is 1. The van der Waals surface area contributed by atoms with Crippen LogP contribution in [0.4, 0.5) is 5.69 Å². The van der Waals surface area contributed by atoms with E-state index in [9.17, 15) is 13.2 Å². The van der Waals surface area contributed by atoms with Gasteiger partial charge in [0, 0.05) is 31.2 Å². The smallest absolute Gasteiger partial charge is 0.267 e. The fourth-order valence-corrected chi connectivity index (χ4v) is 5.83. The van der Waals surface area contributed by atoms with Crippen LogP contribution in [0.5, 0.6) is 0 Å². The first-order chi connectivity index (χ1) is 14.0.